The number of benzene rings is 1. The molecule has 1 heterocycles. The number of ether oxygens (including phenoxy) is 1. The topological polar surface area (TPSA) is 32.8 Å². The van der Waals surface area contributed by atoms with E-state index in [-0.39, 0.29) is 12.2 Å². The third-order valence-electron chi connectivity index (χ3n) is 3.39. The molecule has 0 saturated heterocycles. The van der Waals surface area contributed by atoms with Gasteiger partial charge in [0, 0.05) is 20.1 Å². The predicted octanol–water partition coefficient (Wildman–Crippen LogP) is 2.78. The van der Waals surface area contributed by atoms with Gasteiger partial charge in [-0.2, -0.15) is 0 Å². The van der Waals surface area contributed by atoms with Crippen molar-refractivity contribution in [2.45, 2.75) is 39.5 Å². The third kappa shape index (κ3) is 2.64. The molecule has 0 N–H and O–H groups in total. The van der Waals surface area contributed by atoms with Crippen molar-refractivity contribution in [1.29, 1.82) is 0 Å². The van der Waals surface area contributed by atoms with Gasteiger partial charge in [-0.3, -0.25) is 0 Å². The van der Waals surface area contributed by atoms with Crippen LogP contribution >= 0.6 is 0 Å². The van der Waals surface area contributed by atoms with E-state index in [2.05, 4.69) is 12.1 Å². The van der Waals surface area contributed by atoms with Crippen LogP contribution in [0.2, 0.25) is 0 Å². The molecule has 18 heavy (non-hydrogen) atoms. The summed E-state index contributed by atoms with van der Waals surface area (Å²) in [6.07, 6.45) is 0.516. The number of amides is 1. The van der Waals surface area contributed by atoms with Crippen molar-refractivity contribution in [2.75, 3.05) is 7.05 Å². The van der Waals surface area contributed by atoms with Gasteiger partial charge in [-0.15, -0.1) is 0 Å². The van der Waals surface area contributed by atoms with E-state index in [4.69, 9.17) is 4.74 Å². The Balaban J connectivity index is 1.96. The van der Waals surface area contributed by atoms with Crippen molar-refractivity contribution >= 4 is 6.09 Å². The Bertz CT molecular complexity index is 409. The molecule has 4 heteroatoms. The number of fused-ring (bicyclic) bond motifs is 1. The largest absolute Gasteiger partial charge is 0.445 e. The van der Waals surface area contributed by atoms with Gasteiger partial charge in [0.25, 0.3) is 0 Å². The Hall–Kier alpha value is -1.55. The first-order valence-corrected chi connectivity index (χ1v) is 6.37. The van der Waals surface area contributed by atoms with Crippen molar-refractivity contribution in [2.24, 2.45) is 0 Å². The molecule has 0 fully saturated rings. The average Bonchev–Trinajstić information content (AvgIpc) is 2.81. The zero-order valence-electron chi connectivity index (χ0n) is 11.2. The average molecular weight is 248 g/mol. The molecule has 1 aromatic rings. The summed E-state index contributed by atoms with van der Waals surface area (Å²) in [6, 6.07) is 8.26. The molecule has 1 aliphatic rings. The minimum absolute atomic E-state index is 0.0371. The summed E-state index contributed by atoms with van der Waals surface area (Å²) < 4.78 is 5.32. The van der Waals surface area contributed by atoms with Gasteiger partial charge in [0.05, 0.1) is 0 Å². The Labute approximate surface area is 108 Å². The van der Waals surface area contributed by atoms with Crippen LogP contribution in [0.1, 0.15) is 31.4 Å². The summed E-state index contributed by atoms with van der Waals surface area (Å²) in [6.45, 7) is 5.44. The van der Waals surface area contributed by atoms with Crippen LogP contribution in [0.25, 0.3) is 0 Å². The van der Waals surface area contributed by atoms with Gasteiger partial charge < -0.3 is 4.74 Å². The first-order chi connectivity index (χ1) is 8.61. The van der Waals surface area contributed by atoms with E-state index in [9.17, 15) is 4.79 Å². The Morgan fingerprint density at radius 1 is 1.39 bits per heavy atom. The van der Waals surface area contributed by atoms with E-state index in [1.54, 1.807) is 12.1 Å². The van der Waals surface area contributed by atoms with E-state index in [0.29, 0.717) is 0 Å². The third-order valence-corrected chi connectivity index (χ3v) is 3.39. The number of nitrogens with zero attached hydrogens (tertiary/aromatic N) is 2. The number of hydrogen-bond donors (Lipinski definition) is 0. The van der Waals surface area contributed by atoms with Crippen molar-refractivity contribution < 1.29 is 9.53 Å². The second kappa shape index (κ2) is 5.40. The first kappa shape index (κ1) is 12.9. The van der Waals surface area contributed by atoms with Crippen LogP contribution in [-0.2, 0) is 17.8 Å². The second-order valence-electron chi connectivity index (χ2n) is 4.72. The summed E-state index contributed by atoms with van der Waals surface area (Å²) in [7, 11) is 1.76. The molecular weight excluding hydrogens is 228 g/mol. The fourth-order valence-electron chi connectivity index (χ4n) is 1.97. The van der Waals surface area contributed by atoms with Crippen molar-refractivity contribution in [3.8, 4) is 0 Å². The lowest BCUT2D eigenvalue weighted by Crippen LogP contribution is -2.41. The van der Waals surface area contributed by atoms with Gasteiger partial charge >= 0.3 is 6.09 Å². The maximum atomic E-state index is 11.9. The minimum Gasteiger partial charge on any atom is -0.445 e. The number of hydrazine groups is 1. The first-order valence-electron chi connectivity index (χ1n) is 6.37. The van der Waals surface area contributed by atoms with Gasteiger partial charge in [-0.1, -0.05) is 31.2 Å². The summed E-state index contributed by atoms with van der Waals surface area (Å²) in [5, 5.41) is 3.57. The predicted molar refractivity (Wildman–Crippen MR) is 69.7 cm³/mol. The summed E-state index contributed by atoms with van der Waals surface area (Å²) >= 11 is 0. The highest BCUT2D eigenvalue weighted by Gasteiger charge is 2.26. The zero-order valence-corrected chi connectivity index (χ0v) is 11.2. The molecule has 0 aliphatic carbocycles. The van der Waals surface area contributed by atoms with Crippen LogP contribution in [0, 0.1) is 0 Å². The van der Waals surface area contributed by atoms with Crippen LogP contribution < -0.4 is 0 Å². The molecule has 2 rings (SSSR count). The molecule has 0 bridgehead atoms. The van der Waals surface area contributed by atoms with Crippen molar-refractivity contribution in [1.82, 2.24) is 10.0 Å². The van der Waals surface area contributed by atoms with Crippen LogP contribution in [0.4, 0.5) is 4.79 Å². The summed E-state index contributed by atoms with van der Waals surface area (Å²) in [5.74, 6) is 0. The van der Waals surface area contributed by atoms with Gasteiger partial charge in [0.2, 0.25) is 0 Å². The smallest absolute Gasteiger partial charge is 0.424 e. The van der Waals surface area contributed by atoms with Crippen molar-refractivity contribution in [3.63, 3.8) is 0 Å². The normalized spacial score (nSPS) is 16.2. The van der Waals surface area contributed by atoms with Gasteiger partial charge in [-0.25, -0.2) is 14.8 Å². The van der Waals surface area contributed by atoms with Crippen LogP contribution in [-0.4, -0.2) is 29.3 Å². The fourth-order valence-corrected chi connectivity index (χ4v) is 1.97. The fraction of sp³-hybridized carbons (Fsp3) is 0.500. The second-order valence-corrected chi connectivity index (χ2v) is 4.72. The minimum atomic E-state index is -0.280. The van der Waals surface area contributed by atoms with Gasteiger partial charge in [0.1, 0.15) is 6.10 Å². The molecule has 0 spiro atoms. The molecule has 0 saturated carbocycles. The van der Waals surface area contributed by atoms with Crippen LogP contribution in [0.3, 0.4) is 0 Å². The zero-order chi connectivity index (χ0) is 13.1. The van der Waals surface area contributed by atoms with E-state index >= 15 is 0 Å². The Morgan fingerprint density at radius 3 is 2.44 bits per heavy atom. The maximum absolute atomic E-state index is 11.9. The highest BCUT2D eigenvalue weighted by atomic mass is 16.6. The quantitative estimate of drug-likeness (QED) is 0.824. The van der Waals surface area contributed by atoms with Gasteiger partial charge in [-0.05, 0) is 24.5 Å². The lowest BCUT2D eigenvalue weighted by molar-refractivity contribution is -0.0210. The maximum Gasteiger partial charge on any atom is 0.424 e. The van der Waals surface area contributed by atoms with Gasteiger partial charge in [0.15, 0.2) is 0 Å². The molecule has 4 nitrogen and oxygen atoms in total. The summed E-state index contributed by atoms with van der Waals surface area (Å²) in [4.78, 5) is 11.9. The van der Waals surface area contributed by atoms with Crippen molar-refractivity contribution in [3.05, 3.63) is 35.4 Å². The molecule has 1 aliphatic heterocycles. The van der Waals surface area contributed by atoms with Crippen LogP contribution in [0.5, 0.6) is 0 Å². The lowest BCUT2D eigenvalue weighted by atomic mass is 10.1. The van der Waals surface area contributed by atoms with Crippen LogP contribution in [0.15, 0.2) is 24.3 Å². The Kier molecular flexibility index (Phi) is 3.87. The molecule has 0 aromatic heterocycles. The molecule has 1 atom stereocenters. The summed E-state index contributed by atoms with van der Waals surface area (Å²) in [5.41, 5.74) is 2.56. The van der Waals surface area contributed by atoms with E-state index < -0.39 is 0 Å². The lowest BCUT2D eigenvalue weighted by Gasteiger charge is -2.28. The molecule has 1 unspecified atom stereocenters. The van der Waals surface area contributed by atoms with E-state index in [1.807, 2.05) is 31.0 Å². The highest BCUT2D eigenvalue weighted by Crippen LogP contribution is 2.23. The number of hydrogen-bond acceptors (Lipinski definition) is 3. The van der Waals surface area contributed by atoms with E-state index in [1.165, 1.54) is 11.1 Å². The molecule has 1 aromatic carbocycles. The monoisotopic (exact) mass is 248 g/mol. The SMILES string of the molecule is CCC(C)OC(=O)N(C)N1Cc2ccccc2C1. The number of carbonyl (C=O) groups is 1. The molecule has 1 amide bonds. The molecule has 0 radical (unpaired) electrons. The number of carbonyl (C=O) groups excluding carboxylic acids is 1. The Morgan fingerprint density at radius 2 is 1.94 bits per heavy atom. The van der Waals surface area contributed by atoms with E-state index in [0.717, 1.165) is 19.5 Å². The standard InChI is InChI=1S/C14H20N2O2/c1-4-11(2)18-14(17)15(3)16-9-12-7-5-6-8-13(12)10-16/h5-8,11H,4,9-10H2,1-3H3. The highest BCUT2D eigenvalue weighted by molar-refractivity contribution is 5.66. The molecular formula is C14H20N2O2. The number of rotatable bonds is 3. The molecule has 98 valence electrons.